The van der Waals surface area contributed by atoms with E-state index in [9.17, 15) is 0 Å². The summed E-state index contributed by atoms with van der Waals surface area (Å²) < 4.78 is 19.4. The Morgan fingerprint density at radius 3 is 2.47 bits per heavy atom. The van der Waals surface area contributed by atoms with Crippen LogP contribution in [0.15, 0.2) is 60.8 Å². The van der Waals surface area contributed by atoms with Crippen molar-refractivity contribution in [2.45, 2.75) is 25.7 Å². The molecule has 3 heterocycles. The Labute approximate surface area is 186 Å². The topological polar surface area (TPSA) is 83.9 Å². The van der Waals surface area contributed by atoms with Gasteiger partial charge in [0.15, 0.2) is 0 Å². The number of aromatic nitrogens is 3. The molecule has 1 fully saturated rings. The van der Waals surface area contributed by atoms with Crippen molar-refractivity contribution in [3.63, 3.8) is 0 Å². The zero-order valence-corrected chi connectivity index (χ0v) is 18.0. The molecule has 164 valence electrons. The van der Waals surface area contributed by atoms with Gasteiger partial charge in [0.25, 0.3) is 0 Å². The van der Waals surface area contributed by atoms with Crippen LogP contribution in [0, 0.1) is 0 Å². The van der Waals surface area contributed by atoms with Gasteiger partial charge in [0.1, 0.15) is 34.4 Å². The van der Waals surface area contributed by atoms with Gasteiger partial charge in [0.2, 0.25) is 5.88 Å². The third kappa shape index (κ3) is 3.87. The minimum atomic E-state index is 0.270. The molecule has 2 aromatic carbocycles. The number of para-hydroxylation sites is 1. The van der Waals surface area contributed by atoms with Crippen molar-refractivity contribution >= 4 is 11.3 Å². The quantitative estimate of drug-likeness (QED) is 0.460. The summed E-state index contributed by atoms with van der Waals surface area (Å²) >= 11 is 0. The summed E-state index contributed by atoms with van der Waals surface area (Å²) in [6.45, 7) is 3.95. The maximum atomic E-state index is 6.36. The molecule has 0 radical (unpaired) electrons. The van der Waals surface area contributed by atoms with Crippen molar-refractivity contribution in [1.82, 2.24) is 14.4 Å². The average Bonchev–Trinajstić information content (AvgIpc) is 3.25. The number of rotatable bonds is 6. The second-order valence-electron chi connectivity index (χ2n) is 7.74. The number of fused-ring (bicyclic) bond motifs is 1. The van der Waals surface area contributed by atoms with Gasteiger partial charge in [0.05, 0.1) is 12.8 Å². The van der Waals surface area contributed by atoms with Gasteiger partial charge in [-0.25, -0.2) is 9.97 Å². The van der Waals surface area contributed by atoms with Gasteiger partial charge in [-0.3, -0.25) is 4.40 Å². The summed E-state index contributed by atoms with van der Waals surface area (Å²) in [5, 5.41) is 0. The molecule has 5 rings (SSSR count). The van der Waals surface area contributed by atoms with E-state index in [1.54, 1.807) is 6.20 Å². The Hall–Kier alpha value is -3.58. The number of anilines is 1. The fourth-order valence-corrected chi connectivity index (χ4v) is 4.13. The van der Waals surface area contributed by atoms with Crippen molar-refractivity contribution in [3.05, 3.63) is 66.6 Å². The van der Waals surface area contributed by atoms with E-state index in [1.165, 1.54) is 0 Å². The van der Waals surface area contributed by atoms with Crippen LogP contribution in [0.2, 0.25) is 0 Å². The van der Waals surface area contributed by atoms with Crippen molar-refractivity contribution in [2.75, 3.05) is 25.6 Å². The van der Waals surface area contributed by atoms with Gasteiger partial charge in [-0.2, -0.15) is 0 Å². The third-order valence-corrected chi connectivity index (χ3v) is 5.67. The number of benzene rings is 2. The molecule has 2 N–H and O–H groups in total. The Bertz CT molecular complexity index is 1200. The zero-order chi connectivity index (χ0) is 21.9. The Morgan fingerprint density at radius 1 is 1.03 bits per heavy atom. The van der Waals surface area contributed by atoms with E-state index in [4.69, 9.17) is 24.9 Å². The van der Waals surface area contributed by atoms with Crippen LogP contribution >= 0.6 is 0 Å². The minimum Gasteiger partial charge on any atom is -0.478 e. The minimum absolute atomic E-state index is 0.270. The molecule has 0 unspecified atom stereocenters. The lowest BCUT2D eigenvalue weighted by molar-refractivity contribution is 0.0833. The number of imidazole rings is 1. The maximum absolute atomic E-state index is 6.36. The van der Waals surface area contributed by atoms with Gasteiger partial charge in [-0.1, -0.05) is 18.2 Å². The fourth-order valence-electron chi connectivity index (χ4n) is 4.13. The summed E-state index contributed by atoms with van der Waals surface area (Å²) in [7, 11) is 0. The van der Waals surface area contributed by atoms with Crippen LogP contribution in [-0.2, 0) is 4.74 Å². The van der Waals surface area contributed by atoms with Gasteiger partial charge < -0.3 is 19.9 Å². The lowest BCUT2D eigenvalue weighted by atomic mass is 9.99. The number of hydrogen-bond donors (Lipinski definition) is 1. The fraction of sp³-hybridized carbons (Fsp3) is 0.280. The van der Waals surface area contributed by atoms with Crippen LogP contribution in [0.5, 0.6) is 17.4 Å². The number of nitrogens with zero attached hydrogens (tertiary/aromatic N) is 3. The molecular weight excluding hydrogens is 404 g/mol. The summed E-state index contributed by atoms with van der Waals surface area (Å²) in [4.78, 5) is 9.45. The van der Waals surface area contributed by atoms with Crippen LogP contribution in [-0.4, -0.2) is 34.2 Å². The van der Waals surface area contributed by atoms with Crippen LogP contribution in [0.3, 0.4) is 0 Å². The third-order valence-electron chi connectivity index (χ3n) is 5.67. The van der Waals surface area contributed by atoms with Crippen LogP contribution < -0.4 is 15.2 Å². The Morgan fingerprint density at radius 2 is 1.75 bits per heavy atom. The zero-order valence-electron chi connectivity index (χ0n) is 18.0. The summed E-state index contributed by atoms with van der Waals surface area (Å²) in [6.07, 6.45) is 3.50. The molecule has 7 nitrogen and oxygen atoms in total. The molecule has 1 saturated heterocycles. The standard InChI is InChI=1S/C25H26N4O3/c1-2-31-21-16-27-24(26)23-22(28-25(29(21)23)18-12-14-30-15-13-18)17-8-10-20(11-9-17)32-19-6-4-3-5-7-19/h3-11,16,18H,2,12-15H2,1H3,(H2,26,27). The first kappa shape index (κ1) is 20.3. The molecule has 0 atom stereocenters. The number of nitrogen functional groups attached to an aromatic ring is 1. The Kier molecular flexibility index (Phi) is 5.64. The van der Waals surface area contributed by atoms with E-state index in [-0.39, 0.29) is 5.92 Å². The van der Waals surface area contributed by atoms with E-state index in [0.29, 0.717) is 18.3 Å². The van der Waals surface area contributed by atoms with E-state index in [0.717, 1.165) is 60.2 Å². The number of ether oxygens (including phenoxy) is 3. The molecule has 0 aliphatic carbocycles. The van der Waals surface area contributed by atoms with Crippen molar-refractivity contribution in [3.8, 4) is 28.6 Å². The maximum Gasteiger partial charge on any atom is 0.218 e. The molecule has 2 aromatic heterocycles. The second kappa shape index (κ2) is 8.88. The van der Waals surface area contributed by atoms with E-state index in [2.05, 4.69) is 4.98 Å². The lowest BCUT2D eigenvalue weighted by Crippen LogP contribution is -2.17. The highest BCUT2D eigenvalue weighted by molar-refractivity contribution is 5.86. The molecule has 7 heteroatoms. The normalized spacial score (nSPS) is 14.5. The van der Waals surface area contributed by atoms with E-state index < -0.39 is 0 Å². The predicted molar refractivity (Wildman–Crippen MR) is 123 cm³/mol. The van der Waals surface area contributed by atoms with Gasteiger partial charge in [-0.15, -0.1) is 0 Å². The Balaban J connectivity index is 1.58. The molecule has 1 aliphatic heterocycles. The van der Waals surface area contributed by atoms with E-state index >= 15 is 0 Å². The van der Waals surface area contributed by atoms with Crippen LogP contribution in [0.4, 0.5) is 5.82 Å². The van der Waals surface area contributed by atoms with Gasteiger partial charge in [0, 0.05) is 24.7 Å². The lowest BCUT2D eigenvalue weighted by Gasteiger charge is -2.21. The van der Waals surface area contributed by atoms with Crippen molar-refractivity contribution in [2.24, 2.45) is 0 Å². The molecule has 1 aliphatic rings. The second-order valence-corrected chi connectivity index (χ2v) is 7.74. The highest BCUT2D eigenvalue weighted by atomic mass is 16.5. The number of nitrogens with two attached hydrogens (primary N) is 1. The highest BCUT2D eigenvalue weighted by Crippen LogP contribution is 2.37. The largest absolute Gasteiger partial charge is 0.478 e. The van der Waals surface area contributed by atoms with Crippen molar-refractivity contribution in [1.29, 1.82) is 0 Å². The predicted octanol–water partition coefficient (Wildman–Crippen LogP) is 5.06. The molecule has 0 amide bonds. The first-order chi connectivity index (χ1) is 15.7. The van der Waals surface area contributed by atoms with Crippen LogP contribution in [0.25, 0.3) is 16.8 Å². The summed E-state index contributed by atoms with van der Waals surface area (Å²) in [5.74, 6) is 3.85. The molecular formula is C25H26N4O3. The first-order valence-electron chi connectivity index (χ1n) is 10.9. The highest BCUT2D eigenvalue weighted by Gasteiger charge is 2.26. The molecule has 0 bridgehead atoms. The summed E-state index contributed by atoms with van der Waals surface area (Å²) in [5.41, 5.74) is 8.87. The molecule has 0 saturated carbocycles. The summed E-state index contributed by atoms with van der Waals surface area (Å²) in [6, 6.07) is 17.6. The molecule has 32 heavy (non-hydrogen) atoms. The molecule has 0 spiro atoms. The van der Waals surface area contributed by atoms with Gasteiger partial charge >= 0.3 is 0 Å². The van der Waals surface area contributed by atoms with Crippen LogP contribution in [0.1, 0.15) is 31.5 Å². The van der Waals surface area contributed by atoms with Crippen molar-refractivity contribution < 1.29 is 14.2 Å². The molecule has 4 aromatic rings. The van der Waals surface area contributed by atoms with E-state index in [1.807, 2.05) is 65.9 Å². The van der Waals surface area contributed by atoms with Gasteiger partial charge in [-0.05, 0) is 56.2 Å². The first-order valence-corrected chi connectivity index (χ1v) is 10.9. The smallest absolute Gasteiger partial charge is 0.218 e. The SMILES string of the molecule is CCOc1cnc(N)c2c(-c3ccc(Oc4ccccc4)cc3)nc(C3CCOCC3)n12. The average molecular weight is 431 g/mol. The number of hydrogen-bond acceptors (Lipinski definition) is 6. The monoisotopic (exact) mass is 430 g/mol.